The smallest absolute Gasteiger partial charge is 0.338 e. The first-order valence-corrected chi connectivity index (χ1v) is 5.89. The Hall–Kier alpha value is -1.31. The van der Waals surface area contributed by atoms with Crippen molar-refractivity contribution in [1.82, 2.24) is 0 Å². The van der Waals surface area contributed by atoms with Crippen LogP contribution in [0.5, 0.6) is 0 Å². The molecule has 0 atom stereocenters. The van der Waals surface area contributed by atoms with Gasteiger partial charge in [0.2, 0.25) is 0 Å². The monoisotopic (exact) mass is 220 g/mol. The van der Waals surface area contributed by atoms with Crippen molar-refractivity contribution in [3.8, 4) is 0 Å². The Balaban J connectivity index is 2.52. The van der Waals surface area contributed by atoms with E-state index in [1.165, 1.54) is 0 Å². The fourth-order valence-corrected chi connectivity index (χ4v) is 1.69. The number of hydrogen-bond acceptors (Lipinski definition) is 2. The lowest BCUT2D eigenvalue weighted by Gasteiger charge is -2.06. The number of carbonyl (C=O) groups excluding carboxylic acids is 1. The lowest BCUT2D eigenvalue weighted by molar-refractivity contribution is 0.0498. The minimum atomic E-state index is -0.206. The largest absolute Gasteiger partial charge is 0.462 e. The highest BCUT2D eigenvalue weighted by atomic mass is 16.5. The molecule has 16 heavy (non-hydrogen) atoms. The van der Waals surface area contributed by atoms with Crippen LogP contribution in [0.2, 0.25) is 0 Å². The molecule has 0 spiro atoms. The number of esters is 1. The Morgan fingerprint density at radius 1 is 1.12 bits per heavy atom. The molecule has 0 N–H and O–H groups in total. The first kappa shape index (κ1) is 12.8. The summed E-state index contributed by atoms with van der Waals surface area (Å²) in [4.78, 5) is 11.7. The molecular weight excluding hydrogens is 200 g/mol. The van der Waals surface area contributed by atoms with Gasteiger partial charge in [-0.25, -0.2) is 4.79 Å². The standard InChI is InChI=1S/C14H20O2/c1-4-5-6-7-16-14(15)13-9-11(2)8-12(3)10-13/h8-10H,4-7H2,1-3H3. The molecule has 2 nitrogen and oxygen atoms in total. The second kappa shape index (κ2) is 6.31. The summed E-state index contributed by atoms with van der Waals surface area (Å²) in [7, 11) is 0. The average molecular weight is 220 g/mol. The molecule has 0 bridgehead atoms. The Morgan fingerprint density at radius 3 is 2.31 bits per heavy atom. The van der Waals surface area contributed by atoms with Gasteiger partial charge in [-0.1, -0.05) is 37.0 Å². The van der Waals surface area contributed by atoms with Gasteiger partial charge in [0, 0.05) is 0 Å². The predicted molar refractivity (Wildman–Crippen MR) is 65.7 cm³/mol. The van der Waals surface area contributed by atoms with Crippen LogP contribution in [0, 0.1) is 13.8 Å². The number of rotatable bonds is 5. The average Bonchev–Trinajstić information content (AvgIpc) is 2.22. The SMILES string of the molecule is CCCCCOC(=O)c1cc(C)cc(C)c1. The first-order valence-electron chi connectivity index (χ1n) is 5.89. The fraction of sp³-hybridized carbons (Fsp3) is 0.500. The number of unbranched alkanes of at least 4 members (excludes halogenated alkanes) is 2. The van der Waals surface area contributed by atoms with Gasteiger partial charge in [-0.05, 0) is 32.4 Å². The molecule has 1 rings (SSSR count). The van der Waals surface area contributed by atoms with Gasteiger partial charge >= 0.3 is 5.97 Å². The van der Waals surface area contributed by atoms with Gasteiger partial charge in [0.15, 0.2) is 0 Å². The third kappa shape index (κ3) is 4.05. The molecule has 0 radical (unpaired) electrons. The van der Waals surface area contributed by atoms with E-state index in [0.29, 0.717) is 12.2 Å². The normalized spacial score (nSPS) is 10.2. The molecule has 0 aliphatic rings. The molecule has 0 unspecified atom stereocenters. The Morgan fingerprint density at radius 2 is 1.75 bits per heavy atom. The van der Waals surface area contributed by atoms with Crippen molar-refractivity contribution in [2.45, 2.75) is 40.0 Å². The lowest BCUT2D eigenvalue weighted by Crippen LogP contribution is -2.07. The summed E-state index contributed by atoms with van der Waals surface area (Å²) in [6.45, 7) is 6.63. The van der Waals surface area contributed by atoms with Gasteiger partial charge in [0.05, 0.1) is 12.2 Å². The van der Waals surface area contributed by atoms with Gasteiger partial charge in [-0.3, -0.25) is 0 Å². The Labute approximate surface area is 97.6 Å². The number of ether oxygens (including phenoxy) is 1. The number of carbonyl (C=O) groups is 1. The van der Waals surface area contributed by atoms with Crippen LogP contribution in [0.1, 0.15) is 47.7 Å². The van der Waals surface area contributed by atoms with E-state index in [9.17, 15) is 4.79 Å². The number of aryl methyl sites for hydroxylation is 2. The zero-order valence-electron chi connectivity index (χ0n) is 10.4. The van der Waals surface area contributed by atoms with E-state index in [0.717, 1.165) is 30.4 Å². The van der Waals surface area contributed by atoms with Crippen molar-refractivity contribution in [1.29, 1.82) is 0 Å². The van der Waals surface area contributed by atoms with E-state index in [1.54, 1.807) is 0 Å². The highest BCUT2D eigenvalue weighted by Gasteiger charge is 2.07. The van der Waals surface area contributed by atoms with E-state index >= 15 is 0 Å². The Bertz CT molecular complexity index is 336. The summed E-state index contributed by atoms with van der Waals surface area (Å²) in [5, 5.41) is 0. The summed E-state index contributed by atoms with van der Waals surface area (Å²) in [5.74, 6) is -0.206. The van der Waals surface area contributed by atoms with Gasteiger partial charge < -0.3 is 4.74 Å². The van der Waals surface area contributed by atoms with Crippen molar-refractivity contribution in [2.24, 2.45) is 0 Å². The van der Waals surface area contributed by atoms with E-state index in [2.05, 4.69) is 6.92 Å². The maximum Gasteiger partial charge on any atom is 0.338 e. The van der Waals surface area contributed by atoms with Crippen molar-refractivity contribution in [3.05, 3.63) is 34.9 Å². The van der Waals surface area contributed by atoms with Crippen LogP contribution < -0.4 is 0 Å². The van der Waals surface area contributed by atoms with Crippen molar-refractivity contribution >= 4 is 5.97 Å². The summed E-state index contributed by atoms with van der Waals surface area (Å²) in [6, 6.07) is 5.79. The van der Waals surface area contributed by atoms with E-state index < -0.39 is 0 Å². The molecule has 0 saturated carbocycles. The van der Waals surface area contributed by atoms with Crippen LogP contribution in [0.4, 0.5) is 0 Å². The molecule has 0 fully saturated rings. The van der Waals surface area contributed by atoms with Crippen LogP contribution >= 0.6 is 0 Å². The zero-order valence-corrected chi connectivity index (χ0v) is 10.4. The second-order valence-corrected chi connectivity index (χ2v) is 4.22. The molecule has 0 aliphatic heterocycles. The molecule has 0 saturated heterocycles. The lowest BCUT2D eigenvalue weighted by atomic mass is 10.1. The minimum absolute atomic E-state index is 0.206. The first-order chi connectivity index (χ1) is 7.63. The van der Waals surface area contributed by atoms with E-state index in [-0.39, 0.29) is 5.97 Å². The van der Waals surface area contributed by atoms with E-state index in [1.807, 2.05) is 32.0 Å². The van der Waals surface area contributed by atoms with Crippen LogP contribution in [-0.2, 0) is 4.74 Å². The summed E-state index contributed by atoms with van der Waals surface area (Å²) in [6.07, 6.45) is 3.20. The second-order valence-electron chi connectivity index (χ2n) is 4.22. The van der Waals surface area contributed by atoms with E-state index in [4.69, 9.17) is 4.74 Å². The van der Waals surface area contributed by atoms with Crippen molar-refractivity contribution < 1.29 is 9.53 Å². The molecule has 0 heterocycles. The van der Waals surface area contributed by atoms with Crippen LogP contribution in [0.15, 0.2) is 18.2 Å². The quantitative estimate of drug-likeness (QED) is 0.559. The van der Waals surface area contributed by atoms with Gasteiger partial charge in [-0.2, -0.15) is 0 Å². The molecule has 0 aromatic heterocycles. The highest BCUT2D eigenvalue weighted by Crippen LogP contribution is 2.10. The van der Waals surface area contributed by atoms with Crippen LogP contribution in [-0.4, -0.2) is 12.6 Å². The summed E-state index contributed by atoms with van der Waals surface area (Å²) in [5.41, 5.74) is 2.86. The maximum absolute atomic E-state index is 11.7. The van der Waals surface area contributed by atoms with Gasteiger partial charge in [-0.15, -0.1) is 0 Å². The minimum Gasteiger partial charge on any atom is -0.462 e. The molecule has 0 amide bonds. The number of hydrogen-bond donors (Lipinski definition) is 0. The molecule has 88 valence electrons. The molecule has 2 heteroatoms. The van der Waals surface area contributed by atoms with Crippen molar-refractivity contribution in [2.75, 3.05) is 6.61 Å². The number of benzene rings is 1. The zero-order chi connectivity index (χ0) is 12.0. The third-order valence-electron chi connectivity index (χ3n) is 2.44. The highest BCUT2D eigenvalue weighted by molar-refractivity contribution is 5.89. The van der Waals surface area contributed by atoms with Gasteiger partial charge in [0.1, 0.15) is 0 Å². The molecule has 0 aliphatic carbocycles. The third-order valence-corrected chi connectivity index (χ3v) is 2.44. The molecule has 1 aromatic carbocycles. The Kier molecular flexibility index (Phi) is 5.03. The molecular formula is C14H20O2. The molecule has 1 aromatic rings. The predicted octanol–water partition coefficient (Wildman–Crippen LogP) is 3.65. The van der Waals surface area contributed by atoms with Crippen LogP contribution in [0.3, 0.4) is 0 Å². The van der Waals surface area contributed by atoms with Gasteiger partial charge in [0.25, 0.3) is 0 Å². The maximum atomic E-state index is 11.7. The van der Waals surface area contributed by atoms with Crippen molar-refractivity contribution in [3.63, 3.8) is 0 Å². The summed E-state index contributed by atoms with van der Waals surface area (Å²) < 4.78 is 5.20. The fourth-order valence-electron chi connectivity index (χ4n) is 1.69. The summed E-state index contributed by atoms with van der Waals surface area (Å²) >= 11 is 0. The van der Waals surface area contributed by atoms with Crippen LogP contribution in [0.25, 0.3) is 0 Å². The topological polar surface area (TPSA) is 26.3 Å².